The summed E-state index contributed by atoms with van der Waals surface area (Å²) in [5.74, 6) is 0.573. The van der Waals surface area contributed by atoms with Gasteiger partial charge in [0, 0.05) is 31.3 Å². The first kappa shape index (κ1) is 18.1. The fraction of sp³-hybridized carbons (Fsp3) is 0.158. The summed E-state index contributed by atoms with van der Waals surface area (Å²) in [6.45, 7) is 3.45. The highest BCUT2D eigenvalue weighted by molar-refractivity contribution is 5.86. The number of rotatable bonds is 7. The molecule has 0 saturated heterocycles. The summed E-state index contributed by atoms with van der Waals surface area (Å²) >= 11 is 0. The highest BCUT2D eigenvalue weighted by Crippen LogP contribution is 2.24. The van der Waals surface area contributed by atoms with E-state index in [-0.39, 0.29) is 17.9 Å². The molecule has 0 radical (unpaired) electrons. The number of hydrogen-bond donors (Lipinski definition) is 1. The molecule has 0 fully saturated rings. The van der Waals surface area contributed by atoms with Gasteiger partial charge in [-0.3, -0.25) is 0 Å². The Hall–Kier alpha value is -3.68. The molecule has 3 aromatic rings. The van der Waals surface area contributed by atoms with Crippen molar-refractivity contribution in [1.82, 2.24) is 15.1 Å². The predicted molar refractivity (Wildman–Crippen MR) is 98.9 cm³/mol. The Bertz CT molecular complexity index is 947. The highest BCUT2D eigenvalue weighted by atomic mass is 16.5. The molecular formula is C19H18N4O4. The number of aromatic nitrogens is 3. The lowest BCUT2D eigenvalue weighted by atomic mass is 10.2. The SMILES string of the molecule is C=C(Cc1nc(-c2ccc(Oc3ccc(N(C)C)cn3)cc2)no1)C(=O)O. The van der Waals surface area contributed by atoms with Crippen LogP contribution in [-0.4, -0.2) is 40.3 Å². The zero-order valence-corrected chi connectivity index (χ0v) is 14.9. The van der Waals surface area contributed by atoms with Crippen LogP contribution in [0.15, 0.2) is 59.3 Å². The Morgan fingerprint density at radius 3 is 2.56 bits per heavy atom. The van der Waals surface area contributed by atoms with E-state index in [0.29, 0.717) is 23.0 Å². The number of carboxylic acid groups (broad SMARTS) is 1. The van der Waals surface area contributed by atoms with Gasteiger partial charge in [-0.05, 0) is 30.3 Å². The second-order valence-corrected chi connectivity index (χ2v) is 5.97. The van der Waals surface area contributed by atoms with Crippen LogP contribution in [0.3, 0.4) is 0 Å². The minimum absolute atomic E-state index is 0.00184. The molecule has 27 heavy (non-hydrogen) atoms. The van der Waals surface area contributed by atoms with Gasteiger partial charge in [0.15, 0.2) is 0 Å². The van der Waals surface area contributed by atoms with Gasteiger partial charge in [0.25, 0.3) is 0 Å². The summed E-state index contributed by atoms with van der Waals surface area (Å²) in [4.78, 5) is 21.2. The second-order valence-electron chi connectivity index (χ2n) is 5.97. The summed E-state index contributed by atoms with van der Waals surface area (Å²) in [5.41, 5.74) is 1.69. The van der Waals surface area contributed by atoms with Gasteiger partial charge in [0.05, 0.1) is 18.3 Å². The molecule has 0 bridgehead atoms. The number of anilines is 1. The van der Waals surface area contributed by atoms with Crippen LogP contribution in [0, 0.1) is 0 Å². The van der Waals surface area contributed by atoms with Crippen LogP contribution in [-0.2, 0) is 11.2 Å². The van der Waals surface area contributed by atoms with E-state index >= 15 is 0 Å². The Kier molecular flexibility index (Phi) is 5.16. The van der Waals surface area contributed by atoms with Gasteiger partial charge < -0.3 is 19.3 Å². The molecule has 0 aliphatic rings. The Morgan fingerprint density at radius 2 is 1.96 bits per heavy atom. The van der Waals surface area contributed by atoms with Crippen LogP contribution in [0.1, 0.15) is 5.89 Å². The summed E-state index contributed by atoms with van der Waals surface area (Å²) in [5, 5.41) is 12.7. The zero-order valence-electron chi connectivity index (χ0n) is 14.9. The molecule has 0 aliphatic carbocycles. The number of ether oxygens (including phenoxy) is 1. The van der Waals surface area contributed by atoms with E-state index in [1.807, 2.05) is 25.1 Å². The Labute approximate surface area is 155 Å². The number of carbonyl (C=O) groups is 1. The first-order chi connectivity index (χ1) is 12.9. The van der Waals surface area contributed by atoms with Crippen LogP contribution in [0.5, 0.6) is 11.6 Å². The van der Waals surface area contributed by atoms with Crippen LogP contribution >= 0.6 is 0 Å². The largest absolute Gasteiger partial charge is 0.478 e. The summed E-state index contributed by atoms with van der Waals surface area (Å²) in [6, 6.07) is 10.8. The molecule has 8 nitrogen and oxygen atoms in total. The summed E-state index contributed by atoms with van der Waals surface area (Å²) < 4.78 is 10.8. The minimum Gasteiger partial charge on any atom is -0.478 e. The maximum Gasteiger partial charge on any atom is 0.331 e. The lowest BCUT2D eigenvalue weighted by Gasteiger charge is -2.12. The van der Waals surface area contributed by atoms with Gasteiger partial charge in [-0.15, -0.1) is 0 Å². The van der Waals surface area contributed by atoms with E-state index in [4.69, 9.17) is 14.4 Å². The summed E-state index contributed by atoms with van der Waals surface area (Å²) in [7, 11) is 3.88. The molecule has 1 aromatic carbocycles. The average molecular weight is 366 g/mol. The third kappa shape index (κ3) is 4.49. The van der Waals surface area contributed by atoms with Crippen LogP contribution in [0.4, 0.5) is 5.69 Å². The number of pyridine rings is 1. The molecule has 2 heterocycles. The standard InChI is InChI=1S/C19H18N4O4/c1-12(19(24)25)10-17-21-18(22-27-17)13-4-7-15(8-5-13)26-16-9-6-14(11-20-16)23(2)3/h4-9,11H,1,10H2,2-3H3,(H,24,25). The molecule has 3 rings (SSSR count). The molecule has 138 valence electrons. The normalized spacial score (nSPS) is 10.4. The zero-order chi connectivity index (χ0) is 19.4. The van der Waals surface area contributed by atoms with Gasteiger partial charge in [0.2, 0.25) is 17.6 Å². The van der Waals surface area contributed by atoms with E-state index < -0.39 is 5.97 Å². The third-order valence-corrected chi connectivity index (χ3v) is 3.71. The van der Waals surface area contributed by atoms with Crippen molar-refractivity contribution < 1.29 is 19.2 Å². The van der Waals surface area contributed by atoms with Gasteiger partial charge in [-0.2, -0.15) is 4.98 Å². The van der Waals surface area contributed by atoms with E-state index in [1.165, 1.54) is 0 Å². The van der Waals surface area contributed by atoms with Crippen molar-refractivity contribution in [2.45, 2.75) is 6.42 Å². The molecule has 0 unspecified atom stereocenters. The third-order valence-electron chi connectivity index (χ3n) is 3.71. The number of hydrogen-bond acceptors (Lipinski definition) is 7. The lowest BCUT2D eigenvalue weighted by Crippen LogP contribution is -2.08. The fourth-order valence-electron chi connectivity index (χ4n) is 2.19. The van der Waals surface area contributed by atoms with E-state index in [2.05, 4.69) is 21.7 Å². The van der Waals surface area contributed by atoms with Crippen LogP contribution in [0.2, 0.25) is 0 Å². The predicted octanol–water partition coefficient (Wildman–Crippen LogP) is 3.17. The molecule has 0 amide bonds. The van der Waals surface area contributed by atoms with Crippen LogP contribution in [0.25, 0.3) is 11.4 Å². The summed E-state index contributed by atoms with van der Waals surface area (Å²) in [6.07, 6.45) is 1.73. The van der Waals surface area contributed by atoms with Crippen molar-refractivity contribution in [2.24, 2.45) is 0 Å². The molecule has 2 aromatic heterocycles. The molecule has 0 saturated carbocycles. The van der Waals surface area contributed by atoms with Crippen molar-refractivity contribution in [3.05, 3.63) is 60.6 Å². The van der Waals surface area contributed by atoms with Crippen LogP contribution < -0.4 is 9.64 Å². The van der Waals surface area contributed by atoms with E-state index in [9.17, 15) is 4.79 Å². The fourth-order valence-corrected chi connectivity index (χ4v) is 2.19. The molecule has 0 aliphatic heterocycles. The van der Waals surface area contributed by atoms with Gasteiger partial charge >= 0.3 is 5.97 Å². The Morgan fingerprint density at radius 1 is 1.22 bits per heavy atom. The topological polar surface area (TPSA) is 102 Å². The first-order valence-electron chi connectivity index (χ1n) is 8.07. The minimum atomic E-state index is -1.09. The maximum atomic E-state index is 10.8. The maximum absolute atomic E-state index is 10.8. The van der Waals surface area contributed by atoms with E-state index in [0.717, 1.165) is 5.69 Å². The number of carboxylic acids is 1. The monoisotopic (exact) mass is 366 g/mol. The molecule has 8 heteroatoms. The van der Waals surface area contributed by atoms with Gasteiger partial charge in [0.1, 0.15) is 5.75 Å². The molecular weight excluding hydrogens is 348 g/mol. The smallest absolute Gasteiger partial charge is 0.331 e. The number of aliphatic carboxylic acids is 1. The molecule has 1 N–H and O–H groups in total. The number of benzene rings is 1. The molecule has 0 atom stereocenters. The average Bonchev–Trinajstić information content (AvgIpc) is 3.11. The lowest BCUT2D eigenvalue weighted by molar-refractivity contribution is -0.132. The van der Waals surface area contributed by atoms with Gasteiger partial charge in [-0.25, -0.2) is 9.78 Å². The first-order valence-corrected chi connectivity index (χ1v) is 8.07. The van der Waals surface area contributed by atoms with Crippen molar-refractivity contribution in [3.8, 4) is 23.0 Å². The van der Waals surface area contributed by atoms with Crippen molar-refractivity contribution >= 4 is 11.7 Å². The van der Waals surface area contributed by atoms with Crippen molar-refractivity contribution in [3.63, 3.8) is 0 Å². The number of nitrogens with zero attached hydrogens (tertiary/aromatic N) is 4. The van der Waals surface area contributed by atoms with Crippen molar-refractivity contribution in [1.29, 1.82) is 0 Å². The van der Waals surface area contributed by atoms with Crippen molar-refractivity contribution in [2.75, 3.05) is 19.0 Å². The van der Waals surface area contributed by atoms with Gasteiger partial charge in [-0.1, -0.05) is 11.7 Å². The highest BCUT2D eigenvalue weighted by Gasteiger charge is 2.13. The molecule has 0 spiro atoms. The van der Waals surface area contributed by atoms with E-state index in [1.54, 1.807) is 36.5 Å². The Balaban J connectivity index is 1.67. The second kappa shape index (κ2) is 7.69. The quantitative estimate of drug-likeness (QED) is 0.636.